The van der Waals surface area contributed by atoms with Gasteiger partial charge in [0.15, 0.2) is 0 Å². The van der Waals surface area contributed by atoms with Crippen LogP contribution < -0.4 is 0 Å². The van der Waals surface area contributed by atoms with Crippen molar-refractivity contribution >= 4 is 5.65 Å². The van der Waals surface area contributed by atoms with Crippen molar-refractivity contribution in [3.05, 3.63) is 36.3 Å². The number of piperidine rings is 1. The number of aromatic nitrogens is 2. The van der Waals surface area contributed by atoms with Crippen molar-refractivity contribution in [3.63, 3.8) is 0 Å². The molecule has 3 heterocycles. The van der Waals surface area contributed by atoms with Gasteiger partial charge in [0.25, 0.3) is 0 Å². The van der Waals surface area contributed by atoms with Crippen molar-refractivity contribution < 1.29 is 0 Å². The van der Waals surface area contributed by atoms with Gasteiger partial charge in [0.2, 0.25) is 0 Å². The van der Waals surface area contributed by atoms with E-state index in [1.165, 1.54) is 25.1 Å². The summed E-state index contributed by atoms with van der Waals surface area (Å²) >= 11 is 0. The summed E-state index contributed by atoms with van der Waals surface area (Å²) in [6.07, 6.45) is 6.54. The maximum absolute atomic E-state index is 4.34. The second kappa shape index (κ2) is 3.91. The zero-order chi connectivity index (χ0) is 11.0. The monoisotopic (exact) mass is 215 g/mol. The lowest BCUT2D eigenvalue weighted by atomic mass is 9.94. The number of imidazole rings is 1. The molecule has 0 radical (unpaired) electrons. The van der Waals surface area contributed by atoms with E-state index < -0.39 is 0 Å². The Labute approximate surface area is 95.7 Å². The first kappa shape index (κ1) is 9.85. The van der Waals surface area contributed by atoms with Crippen molar-refractivity contribution in [3.8, 4) is 0 Å². The largest absolute Gasteiger partial charge is 0.306 e. The zero-order valence-corrected chi connectivity index (χ0v) is 9.63. The van der Waals surface area contributed by atoms with E-state index >= 15 is 0 Å². The van der Waals surface area contributed by atoms with Gasteiger partial charge in [0.1, 0.15) is 5.65 Å². The van der Waals surface area contributed by atoms with Crippen LogP contribution in [0.15, 0.2) is 30.6 Å². The van der Waals surface area contributed by atoms with E-state index in [0.717, 1.165) is 12.2 Å². The Kier molecular flexibility index (Phi) is 2.40. The summed E-state index contributed by atoms with van der Waals surface area (Å²) in [6, 6.07) is 6.42. The highest BCUT2D eigenvalue weighted by molar-refractivity contribution is 5.40. The molecular weight excluding hydrogens is 198 g/mol. The van der Waals surface area contributed by atoms with Crippen LogP contribution in [0.3, 0.4) is 0 Å². The van der Waals surface area contributed by atoms with Crippen molar-refractivity contribution in [2.45, 2.75) is 18.8 Å². The molecule has 0 bridgehead atoms. The molecule has 1 aliphatic rings. The summed E-state index contributed by atoms with van der Waals surface area (Å²) in [5.74, 6) is 0.650. The fraction of sp³-hybridized carbons (Fsp3) is 0.462. The molecule has 0 aliphatic carbocycles. The van der Waals surface area contributed by atoms with E-state index in [4.69, 9.17) is 0 Å². The molecule has 1 saturated heterocycles. The molecule has 3 rings (SSSR count). The smallest absolute Gasteiger partial charge is 0.136 e. The van der Waals surface area contributed by atoms with Crippen LogP contribution in [0, 0.1) is 0 Å². The summed E-state index contributed by atoms with van der Waals surface area (Å²) in [5.41, 5.74) is 2.47. The van der Waals surface area contributed by atoms with Gasteiger partial charge < -0.3 is 9.30 Å². The number of rotatable bonds is 1. The Bertz CT molecular complexity index is 489. The molecule has 0 aromatic carbocycles. The van der Waals surface area contributed by atoms with Crippen molar-refractivity contribution in [1.29, 1.82) is 0 Å². The minimum atomic E-state index is 0.650. The van der Waals surface area contributed by atoms with E-state index in [0.29, 0.717) is 5.92 Å². The van der Waals surface area contributed by atoms with E-state index in [1.54, 1.807) is 0 Å². The van der Waals surface area contributed by atoms with Crippen LogP contribution in [0.4, 0.5) is 0 Å². The van der Waals surface area contributed by atoms with Gasteiger partial charge in [-0.1, -0.05) is 6.07 Å². The average Bonchev–Trinajstić information content (AvgIpc) is 2.76. The topological polar surface area (TPSA) is 20.5 Å². The number of pyridine rings is 1. The van der Waals surface area contributed by atoms with E-state index in [9.17, 15) is 0 Å². The molecule has 0 amide bonds. The standard InChI is InChI=1S/C13H17N3/c1-15-8-3-4-11(10-15)12-5-2-6-13-14-7-9-16(12)13/h2,5-7,9,11H,3-4,8,10H2,1H3/t11-/m1/s1. The summed E-state index contributed by atoms with van der Waals surface area (Å²) in [6.45, 7) is 2.40. The molecule has 0 saturated carbocycles. The van der Waals surface area contributed by atoms with Gasteiger partial charge in [-0.2, -0.15) is 0 Å². The van der Waals surface area contributed by atoms with Crippen molar-refractivity contribution in [2.75, 3.05) is 20.1 Å². The van der Waals surface area contributed by atoms with Crippen LogP contribution in [-0.4, -0.2) is 34.4 Å². The van der Waals surface area contributed by atoms with Crippen LogP contribution in [-0.2, 0) is 0 Å². The lowest BCUT2D eigenvalue weighted by Gasteiger charge is -2.30. The Morgan fingerprint density at radius 1 is 1.38 bits per heavy atom. The van der Waals surface area contributed by atoms with Crippen LogP contribution in [0.1, 0.15) is 24.5 Å². The van der Waals surface area contributed by atoms with Gasteiger partial charge in [0, 0.05) is 30.6 Å². The quantitative estimate of drug-likeness (QED) is 0.726. The Hall–Kier alpha value is -1.35. The summed E-state index contributed by atoms with van der Waals surface area (Å²) < 4.78 is 2.23. The third kappa shape index (κ3) is 1.61. The summed E-state index contributed by atoms with van der Waals surface area (Å²) in [5, 5.41) is 0. The molecule has 1 atom stereocenters. The maximum atomic E-state index is 4.34. The number of nitrogens with zero attached hydrogens (tertiary/aromatic N) is 3. The molecule has 0 unspecified atom stereocenters. The fourth-order valence-corrected chi connectivity index (χ4v) is 2.71. The molecule has 2 aromatic heterocycles. The molecule has 3 heteroatoms. The molecule has 16 heavy (non-hydrogen) atoms. The van der Waals surface area contributed by atoms with Gasteiger partial charge in [-0.3, -0.25) is 0 Å². The third-order valence-corrected chi connectivity index (χ3v) is 3.50. The highest BCUT2D eigenvalue weighted by Crippen LogP contribution is 2.26. The number of likely N-dealkylation sites (tertiary alicyclic amines) is 1. The first-order chi connectivity index (χ1) is 7.84. The van der Waals surface area contributed by atoms with E-state index in [-0.39, 0.29) is 0 Å². The predicted octanol–water partition coefficient (Wildman–Crippen LogP) is 2.14. The van der Waals surface area contributed by atoms with Crippen LogP contribution in [0.25, 0.3) is 5.65 Å². The maximum Gasteiger partial charge on any atom is 0.136 e. The van der Waals surface area contributed by atoms with Crippen LogP contribution in [0.2, 0.25) is 0 Å². The minimum Gasteiger partial charge on any atom is -0.306 e. The minimum absolute atomic E-state index is 0.650. The second-order valence-electron chi connectivity index (χ2n) is 4.71. The van der Waals surface area contributed by atoms with Gasteiger partial charge in [-0.05, 0) is 38.6 Å². The molecule has 3 nitrogen and oxygen atoms in total. The second-order valence-corrected chi connectivity index (χ2v) is 4.71. The predicted molar refractivity (Wildman–Crippen MR) is 64.7 cm³/mol. The molecular formula is C13H17N3. The normalized spacial score (nSPS) is 22.7. The lowest BCUT2D eigenvalue weighted by Crippen LogP contribution is -2.31. The third-order valence-electron chi connectivity index (χ3n) is 3.50. The molecule has 2 aromatic rings. The fourth-order valence-electron chi connectivity index (χ4n) is 2.71. The molecule has 0 N–H and O–H groups in total. The van der Waals surface area contributed by atoms with E-state index in [2.05, 4.69) is 45.7 Å². The molecule has 1 aliphatic heterocycles. The number of likely N-dealkylation sites (N-methyl/N-ethyl adjacent to an activating group) is 1. The Balaban J connectivity index is 2.01. The molecule has 1 fully saturated rings. The first-order valence-electron chi connectivity index (χ1n) is 5.95. The van der Waals surface area contributed by atoms with Gasteiger partial charge in [-0.25, -0.2) is 4.98 Å². The first-order valence-corrected chi connectivity index (χ1v) is 5.95. The lowest BCUT2D eigenvalue weighted by molar-refractivity contribution is 0.248. The zero-order valence-electron chi connectivity index (χ0n) is 9.63. The summed E-state index contributed by atoms with van der Waals surface area (Å²) in [7, 11) is 2.21. The molecule has 84 valence electrons. The Morgan fingerprint density at radius 2 is 2.31 bits per heavy atom. The Morgan fingerprint density at radius 3 is 3.19 bits per heavy atom. The molecule has 0 spiro atoms. The van der Waals surface area contributed by atoms with Crippen molar-refractivity contribution in [2.24, 2.45) is 0 Å². The van der Waals surface area contributed by atoms with E-state index in [1.807, 2.05) is 6.20 Å². The van der Waals surface area contributed by atoms with Crippen molar-refractivity contribution in [1.82, 2.24) is 14.3 Å². The number of hydrogen-bond acceptors (Lipinski definition) is 2. The van der Waals surface area contributed by atoms with Gasteiger partial charge in [-0.15, -0.1) is 0 Å². The highest BCUT2D eigenvalue weighted by Gasteiger charge is 2.20. The van der Waals surface area contributed by atoms with Gasteiger partial charge in [0.05, 0.1) is 0 Å². The average molecular weight is 215 g/mol. The number of fused-ring (bicyclic) bond motifs is 1. The van der Waals surface area contributed by atoms with Gasteiger partial charge >= 0.3 is 0 Å². The van der Waals surface area contributed by atoms with Crippen LogP contribution >= 0.6 is 0 Å². The SMILES string of the molecule is CN1CCC[C@@H](c2cccc3nccn23)C1. The summed E-state index contributed by atoms with van der Waals surface area (Å²) in [4.78, 5) is 6.76. The van der Waals surface area contributed by atoms with Crippen LogP contribution in [0.5, 0.6) is 0 Å². The highest BCUT2D eigenvalue weighted by atomic mass is 15.1. The number of hydrogen-bond donors (Lipinski definition) is 0.